The van der Waals surface area contributed by atoms with Gasteiger partial charge in [0.25, 0.3) is 0 Å². The van der Waals surface area contributed by atoms with E-state index in [1.807, 2.05) is 24.3 Å². The fourth-order valence-electron chi connectivity index (χ4n) is 3.31. The fourth-order valence-corrected chi connectivity index (χ4v) is 3.31. The highest BCUT2D eigenvalue weighted by Crippen LogP contribution is 2.26. The van der Waals surface area contributed by atoms with Gasteiger partial charge in [0, 0.05) is 24.7 Å². The van der Waals surface area contributed by atoms with Crippen molar-refractivity contribution in [2.24, 2.45) is 11.8 Å². The minimum absolute atomic E-state index is 0.0121. The number of hydrogen-bond donors (Lipinski definition) is 1. The predicted octanol–water partition coefficient (Wildman–Crippen LogP) is 3.93. The molecule has 1 aromatic rings. The zero-order valence-corrected chi connectivity index (χ0v) is 16.0. The Kier molecular flexibility index (Phi) is 7.03. The molecule has 25 heavy (non-hydrogen) atoms. The van der Waals surface area contributed by atoms with E-state index in [1.165, 1.54) is 12.0 Å². The average Bonchev–Trinajstić information content (AvgIpc) is 2.96. The van der Waals surface area contributed by atoms with E-state index in [4.69, 9.17) is 0 Å². The van der Waals surface area contributed by atoms with Crippen LogP contribution in [0.15, 0.2) is 24.3 Å². The number of hydrogen-bond acceptors (Lipinski definition) is 2. The first kappa shape index (κ1) is 19.5. The number of anilines is 1. The zero-order chi connectivity index (χ0) is 18.4. The molecule has 2 rings (SSSR count). The van der Waals surface area contributed by atoms with Gasteiger partial charge in [-0.2, -0.15) is 0 Å². The lowest BCUT2D eigenvalue weighted by Crippen LogP contribution is -2.38. The Balaban J connectivity index is 1.86. The molecule has 1 aliphatic heterocycles. The third kappa shape index (κ3) is 5.58. The van der Waals surface area contributed by atoms with Gasteiger partial charge in [-0.05, 0) is 43.4 Å². The Morgan fingerprint density at radius 1 is 1.20 bits per heavy atom. The van der Waals surface area contributed by atoms with Gasteiger partial charge in [-0.25, -0.2) is 0 Å². The van der Waals surface area contributed by atoms with E-state index >= 15 is 0 Å². The Hall–Kier alpha value is -1.84. The maximum absolute atomic E-state index is 12.5. The Labute approximate surface area is 152 Å². The topological polar surface area (TPSA) is 49.4 Å². The summed E-state index contributed by atoms with van der Waals surface area (Å²) in [6.07, 6.45) is 4.59. The summed E-state index contributed by atoms with van der Waals surface area (Å²) in [5.41, 5.74) is 2.14. The van der Waals surface area contributed by atoms with Crippen LogP contribution in [0.5, 0.6) is 0 Å². The summed E-state index contributed by atoms with van der Waals surface area (Å²) < 4.78 is 0. The first-order valence-electron chi connectivity index (χ1n) is 9.60. The lowest BCUT2D eigenvalue weighted by atomic mass is 10.0. The monoisotopic (exact) mass is 344 g/mol. The number of amides is 2. The van der Waals surface area contributed by atoms with Gasteiger partial charge in [-0.3, -0.25) is 9.59 Å². The zero-order valence-electron chi connectivity index (χ0n) is 16.0. The second kappa shape index (κ2) is 9.02. The standard InChI is InChI=1S/C21H32N2O2/c1-5-17-9-11-19(12-10-17)23-14-18(13-20(23)24)21(25)22-16(4)8-6-7-15(2)3/h9-12,15-16,18H,5-8,13-14H2,1-4H3,(H,22,25). The molecule has 0 aliphatic carbocycles. The molecule has 1 heterocycles. The molecule has 1 aliphatic rings. The summed E-state index contributed by atoms with van der Waals surface area (Å²) in [4.78, 5) is 26.6. The van der Waals surface area contributed by atoms with Crippen LogP contribution in [0.2, 0.25) is 0 Å². The number of nitrogens with zero attached hydrogens (tertiary/aromatic N) is 1. The van der Waals surface area contributed by atoms with Crippen molar-refractivity contribution in [3.8, 4) is 0 Å². The first-order valence-corrected chi connectivity index (χ1v) is 9.60. The summed E-state index contributed by atoms with van der Waals surface area (Å²) >= 11 is 0. The number of nitrogens with one attached hydrogen (secondary N) is 1. The lowest BCUT2D eigenvalue weighted by molar-refractivity contribution is -0.126. The van der Waals surface area contributed by atoms with E-state index in [-0.39, 0.29) is 23.8 Å². The van der Waals surface area contributed by atoms with Crippen molar-refractivity contribution in [1.82, 2.24) is 5.32 Å². The summed E-state index contributed by atoms with van der Waals surface area (Å²) in [6.45, 7) is 9.08. The number of aryl methyl sites for hydroxylation is 1. The molecule has 4 heteroatoms. The number of carbonyl (C=O) groups excluding carboxylic acids is 2. The van der Waals surface area contributed by atoms with E-state index in [0.717, 1.165) is 24.9 Å². The minimum atomic E-state index is -0.245. The molecule has 2 atom stereocenters. The van der Waals surface area contributed by atoms with Crippen LogP contribution < -0.4 is 10.2 Å². The fraction of sp³-hybridized carbons (Fsp3) is 0.619. The van der Waals surface area contributed by atoms with Crippen LogP contribution in [0.25, 0.3) is 0 Å². The SMILES string of the molecule is CCc1ccc(N2CC(C(=O)NC(C)CCCC(C)C)CC2=O)cc1. The van der Waals surface area contributed by atoms with Crippen molar-refractivity contribution in [3.63, 3.8) is 0 Å². The number of benzene rings is 1. The van der Waals surface area contributed by atoms with Gasteiger partial charge >= 0.3 is 0 Å². The normalized spacial score (nSPS) is 18.7. The van der Waals surface area contributed by atoms with Gasteiger partial charge in [-0.1, -0.05) is 45.7 Å². The van der Waals surface area contributed by atoms with Crippen LogP contribution in [-0.2, 0) is 16.0 Å². The molecule has 0 saturated carbocycles. The van der Waals surface area contributed by atoms with Crippen molar-refractivity contribution in [3.05, 3.63) is 29.8 Å². The van der Waals surface area contributed by atoms with Crippen LogP contribution in [-0.4, -0.2) is 24.4 Å². The van der Waals surface area contributed by atoms with E-state index in [9.17, 15) is 9.59 Å². The van der Waals surface area contributed by atoms with Gasteiger partial charge < -0.3 is 10.2 Å². The maximum atomic E-state index is 12.5. The highest BCUT2D eigenvalue weighted by Gasteiger charge is 2.35. The largest absolute Gasteiger partial charge is 0.353 e. The van der Waals surface area contributed by atoms with E-state index in [2.05, 4.69) is 33.0 Å². The van der Waals surface area contributed by atoms with Crippen molar-refractivity contribution in [2.75, 3.05) is 11.4 Å². The van der Waals surface area contributed by atoms with E-state index in [0.29, 0.717) is 18.9 Å². The Bertz CT molecular complexity index is 580. The molecular weight excluding hydrogens is 312 g/mol. The molecular formula is C21H32N2O2. The molecule has 0 spiro atoms. The number of carbonyl (C=O) groups is 2. The molecule has 4 nitrogen and oxygen atoms in total. The summed E-state index contributed by atoms with van der Waals surface area (Å²) in [5.74, 6) is 0.504. The van der Waals surface area contributed by atoms with E-state index < -0.39 is 0 Å². The lowest BCUT2D eigenvalue weighted by Gasteiger charge is -2.19. The average molecular weight is 344 g/mol. The second-order valence-electron chi connectivity index (χ2n) is 7.66. The van der Waals surface area contributed by atoms with Crippen molar-refractivity contribution in [1.29, 1.82) is 0 Å². The van der Waals surface area contributed by atoms with E-state index in [1.54, 1.807) is 4.90 Å². The van der Waals surface area contributed by atoms with Crippen LogP contribution >= 0.6 is 0 Å². The molecule has 1 fully saturated rings. The highest BCUT2D eigenvalue weighted by atomic mass is 16.2. The van der Waals surface area contributed by atoms with Gasteiger partial charge in [0.15, 0.2) is 0 Å². The molecule has 0 bridgehead atoms. The predicted molar refractivity (Wildman–Crippen MR) is 103 cm³/mol. The molecule has 0 aromatic heterocycles. The number of rotatable bonds is 8. The molecule has 1 N–H and O–H groups in total. The van der Waals surface area contributed by atoms with Crippen LogP contribution in [0.3, 0.4) is 0 Å². The quantitative estimate of drug-likeness (QED) is 0.777. The molecule has 1 aromatic carbocycles. The molecule has 2 unspecified atom stereocenters. The van der Waals surface area contributed by atoms with Gasteiger partial charge in [0.05, 0.1) is 5.92 Å². The Morgan fingerprint density at radius 2 is 1.88 bits per heavy atom. The van der Waals surface area contributed by atoms with Crippen LogP contribution in [0.4, 0.5) is 5.69 Å². The van der Waals surface area contributed by atoms with Gasteiger partial charge in [0.2, 0.25) is 11.8 Å². The molecule has 138 valence electrons. The molecule has 0 radical (unpaired) electrons. The maximum Gasteiger partial charge on any atom is 0.227 e. The van der Waals surface area contributed by atoms with Gasteiger partial charge in [0.1, 0.15) is 0 Å². The first-order chi connectivity index (χ1) is 11.9. The highest BCUT2D eigenvalue weighted by molar-refractivity contribution is 6.00. The summed E-state index contributed by atoms with van der Waals surface area (Å²) in [5, 5.41) is 3.09. The summed E-state index contributed by atoms with van der Waals surface area (Å²) in [7, 11) is 0. The van der Waals surface area contributed by atoms with Crippen LogP contribution in [0, 0.1) is 11.8 Å². The Morgan fingerprint density at radius 3 is 2.48 bits per heavy atom. The minimum Gasteiger partial charge on any atom is -0.353 e. The smallest absolute Gasteiger partial charge is 0.227 e. The van der Waals surface area contributed by atoms with Crippen LogP contribution in [0.1, 0.15) is 58.9 Å². The van der Waals surface area contributed by atoms with Crippen molar-refractivity contribution in [2.45, 2.75) is 65.8 Å². The molecule has 1 saturated heterocycles. The van der Waals surface area contributed by atoms with Crippen molar-refractivity contribution < 1.29 is 9.59 Å². The van der Waals surface area contributed by atoms with Crippen molar-refractivity contribution >= 4 is 17.5 Å². The second-order valence-corrected chi connectivity index (χ2v) is 7.66. The third-order valence-electron chi connectivity index (χ3n) is 4.96. The molecule has 2 amide bonds. The summed E-state index contributed by atoms with van der Waals surface area (Å²) in [6, 6.07) is 8.22. The van der Waals surface area contributed by atoms with Gasteiger partial charge in [-0.15, -0.1) is 0 Å². The third-order valence-corrected chi connectivity index (χ3v) is 4.96.